The molecule has 0 aliphatic rings. The first kappa shape index (κ1) is 20.2. The van der Waals surface area contributed by atoms with Crippen LogP contribution in [-0.2, 0) is 16.3 Å². The fourth-order valence-electron chi connectivity index (χ4n) is 2.35. The zero-order chi connectivity index (χ0) is 19.0. The van der Waals surface area contributed by atoms with Gasteiger partial charge in [0, 0.05) is 25.2 Å². The number of hydrogen-bond acceptors (Lipinski definition) is 3. The van der Waals surface area contributed by atoms with E-state index in [2.05, 4.69) is 15.6 Å². The Bertz CT molecular complexity index is 872. The second kappa shape index (κ2) is 9.54. The Morgan fingerprint density at radius 3 is 2.42 bits per heavy atom. The second-order valence-corrected chi connectivity index (χ2v) is 8.00. The molecular formula is C18H21ClFN3O2S. The zero-order valence-corrected chi connectivity index (χ0v) is 15.9. The first-order chi connectivity index (χ1) is 12.4. The monoisotopic (exact) mass is 397 g/mol. The molecule has 140 valence electrons. The van der Waals surface area contributed by atoms with Crippen LogP contribution in [0.5, 0.6) is 0 Å². The van der Waals surface area contributed by atoms with Crippen LogP contribution in [0, 0.1) is 5.82 Å². The zero-order valence-electron chi connectivity index (χ0n) is 14.4. The average Bonchev–Trinajstić information content (AvgIpc) is 2.62. The van der Waals surface area contributed by atoms with Gasteiger partial charge in [-0.1, -0.05) is 41.9 Å². The molecule has 0 bridgehead atoms. The maximum absolute atomic E-state index is 13.7. The lowest BCUT2D eigenvalue weighted by Crippen LogP contribution is -2.40. The molecule has 0 saturated carbocycles. The van der Waals surface area contributed by atoms with Crippen LogP contribution in [0.4, 0.5) is 4.39 Å². The van der Waals surface area contributed by atoms with E-state index in [1.165, 1.54) is 18.2 Å². The summed E-state index contributed by atoms with van der Waals surface area (Å²) in [5, 5.41) is 6.72. The van der Waals surface area contributed by atoms with E-state index >= 15 is 0 Å². The molecule has 0 fully saturated rings. The molecule has 2 rings (SSSR count). The van der Waals surface area contributed by atoms with Gasteiger partial charge in [-0.15, -0.1) is 0 Å². The van der Waals surface area contributed by atoms with E-state index in [0.717, 1.165) is 11.6 Å². The SMILES string of the molecule is CN=C(NCCc1ccccc1Cl)NCCS(=O)(=O)c1ccccc1F. The van der Waals surface area contributed by atoms with Gasteiger partial charge in [-0.2, -0.15) is 0 Å². The molecule has 2 aromatic carbocycles. The van der Waals surface area contributed by atoms with E-state index in [0.29, 0.717) is 23.9 Å². The van der Waals surface area contributed by atoms with Crippen molar-refractivity contribution in [1.82, 2.24) is 10.6 Å². The Hall–Kier alpha value is -2.12. The number of halogens is 2. The third-order valence-corrected chi connectivity index (χ3v) is 5.81. The van der Waals surface area contributed by atoms with Gasteiger partial charge in [-0.25, -0.2) is 12.8 Å². The molecule has 0 aromatic heterocycles. The highest BCUT2D eigenvalue weighted by molar-refractivity contribution is 7.91. The fourth-order valence-corrected chi connectivity index (χ4v) is 3.82. The van der Waals surface area contributed by atoms with E-state index in [1.54, 1.807) is 7.05 Å². The molecule has 0 amide bonds. The Kier molecular flexibility index (Phi) is 7.41. The van der Waals surface area contributed by atoms with Crippen molar-refractivity contribution in [3.8, 4) is 0 Å². The maximum Gasteiger partial charge on any atom is 0.191 e. The summed E-state index contributed by atoms with van der Waals surface area (Å²) in [5.74, 6) is -0.505. The highest BCUT2D eigenvalue weighted by Gasteiger charge is 2.18. The maximum atomic E-state index is 13.7. The topological polar surface area (TPSA) is 70.6 Å². The molecule has 0 atom stereocenters. The van der Waals surface area contributed by atoms with Gasteiger partial charge in [-0.05, 0) is 30.2 Å². The standard InChI is InChI=1S/C18H21ClFN3O2S/c1-21-18(22-11-10-14-6-2-3-7-15(14)19)23-12-13-26(24,25)17-9-5-4-8-16(17)20/h2-9H,10-13H2,1H3,(H2,21,22,23). The van der Waals surface area contributed by atoms with Crippen molar-refractivity contribution in [3.05, 3.63) is 64.9 Å². The number of sulfone groups is 1. The van der Waals surface area contributed by atoms with Crippen LogP contribution in [-0.4, -0.2) is 40.3 Å². The molecule has 2 aromatic rings. The third kappa shape index (κ3) is 5.71. The van der Waals surface area contributed by atoms with Crippen LogP contribution in [0.15, 0.2) is 58.4 Å². The molecule has 5 nitrogen and oxygen atoms in total. The summed E-state index contributed by atoms with van der Waals surface area (Å²) >= 11 is 6.11. The normalized spacial score (nSPS) is 12.0. The van der Waals surface area contributed by atoms with Crippen molar-refractivity contribution in [2.75, 3.05) is 25.9 Å². The molecule has 26 heavy (non-hydrogen) atoms. The number of guanidine groups is 1. The lowest BCUT2D eigenvalue weighted by atomic mass is 10.1. The van der Waals surface area contributed by atoms with E-state index in [4.69, 9.17) is 11.6 Å². The van der Waals surface area contributed by atoms with Crippen molar-refractivity contribution < 1.29 is 12.8 Å². The first-order valence-corrected chi connectivity index (χ1v) is 10.1. The summed E-state index contributed by atoms with van der Waals surface area (Å²) in [6.45, 7) is 0.700. The molecule has 0 unspecified atom stereocenters. The Balaban J connectivity index is 1.82. The predicted octanol–water partition coefficient (Wildman–Crippen LogP) is 2.66. The number of nitrogens with zero attached hydrogens (tertiary/aromatic N) is 1. The molecule has 0 radical (unpaired) electrons. The highest BCUT2D eigenvalue weighted by atomic mass is 35.5. The number of benzene rings is 2. The van der Waals surface area contributed by atoms with Crippen molar-refractivity contribution in [1.29, 1.82) is 0 Å². The molecule has 0 aliphatic carbocycles. The molecule has 0 aliphatic heterocycles. The number of hydrogen-bond donors (Lipinski definition) is 2. The van der Waals surface area contributed by atoms with E-state index in [9.17, 15) is 12.8 Å². The Morgan fingerprint density at radius 2 is 1.73 bits per heavy atom. The summed E-state index contributed by atoms with van der Waals surface area (Å²) in [7, 11) is -2.11. The molecule has 0 saturated heterocycles. The Labute approximate surface area is 158 Å². The summed E-state index contributed by atoms with van der Waals surface area (Å²) < 4.78 is 38.1. The highest BCUT2D eigenvalue weighted by Crippen LogP contribution is 2.15. The van der Waals surface area contributed by atoms with E-state index in [-0.39, 0.29) is 17.2 Å². The van der Waals surface area contributed by atoms with Crippen molar-refractivity contribution in [3.63, 3.8) is 0 Å². The quantitative estimate of drug-likeness (QED) is 0.556. The van der Waals surface area contributed by atoms with E-state index in [1.807, 2.05) is 24.3 Å². The van der Waals surface area contributed by atoms with Crippen LogP contribution in [0.3, 0.4) is 0 Å². The summed E-state index contributed by atoms with van der Waals surface area (Å²) in [5.41, 5.74) is 1.01. The van der Waals surface area contributed by atoms with Crippen LogP contribution < -0.4 is 10.6 Å². The molecule has 2 N–H and O–H groups in total. The number of rotatable bonds is 7. The Morgan fingerprint density at radius 1 is 1.08 bits per heavy atom. The minimum atomic E-state index is -3.70. The molecular weight excluding hydrogens is 377 g/mol. The average molecular weight is 398 g/mol. The number of aliphatic imine (C=N–C) groups is 1. The van der Waals surface area contributed by atoms with Gasteiger partial charge in [-0.3, -0.25) is 4.99 Å². The summed E-state index contributed by atoms with van der Waals surface area (Å²) in [6, 6.07) is 12.9. The predicted molar refractivity (Wildman–Crippen MR) is 103 cm³/mol. The molecule has 8 heteroatoms. The lowest BCUT2D eigenvalue weighted by Gasteiger charge is -2.12. The largest absolute Gasteiger partial charge is 0.356 e. The van der Waals surface area contributed by atoms with Gasteiger partial charge in [0.2, 0.25) is 0 Å². The van der Waals surface area contributed by atoms with Crippen LogP contribution >= 0.6 is 11.6 Å². The van der Waals surface area contributed by atoms with Crippen LogP contribution in [0.1, 0.15) is 5.56 Å². The number of nitrogens with one attached hydrogen (secondary N) is 2. The molecule has 0 heterocycles. The van der Waals surface area contributed by atoms with Crippen LogP contribution in [0.2, 0.25) is 5.02 Å². The second-order valence-electron chi connectivity index (χ2n) is 5.52. The summed E-state index contributed by atoms with van der Waals surface area (Å²) in [6.07, 6.45) is 0.702. The molecule has 0 spiro atoms. The third-order valence-electron chi connectivity index (χ3n) is 3.70. The fraction of sp³-hybridized carbons (Fsp3) is 0.278. The van der Waals surface area contributed by atoms with Crippen molar-refractivity contribution in [2.24, 2.45) is 4.99 Å². The van der Waals surface area contributed by atoms with Gasteiger partial charge >= 0.3 is 0 Å². The van der Waals surface area contributed by atoms with Gasteiger partial charge in [0.15, 0.2) is 15.8 Å². The lowest BCUT2D eigenvalue weighted by molar-refractivity contribution is 0.566. The minimum absolute atomic E-state index is 0.114. The van der Waals surface area contributed by atoms with Crippen molar-refractivity contribution in [2.45, 2.75) is 11.3 Å². The first-order valence-electron chi connectivity index (χ1n) is 8.09. The van der Waals surface area contributed by atoms with Gasteiger partial charge in [0.1, 0.15) is 10.7 Å². The van der Waals surface area contributed by atoms with Crippen LogP contribution in [0.25, 0.3) is 0 Å². The summed E-state index contributed by atoms with van der Waals surface area (Å²) in [4.78, 5) is 3.76. The van der Waals surface area contributed by atoms with Crippen molar-refractivity contribution >= 4 is 27.4 Å². The van der Waals surface area contributed by atoms with Gasteiger partial charge in [0.05, 0.1) is 5.75 Å². The smallest absolute Gasteiger partial charge is 0.191 e. The van der Waals surface area contributed by atoms with Gasteiger partial charge < -0.3 is 10.6 Å². The minimum Gasteiger partial charge on any atom is -0.356 e. The van der Waals surface area contributed by atoms with E-state index < -0.39 is 15.7 Å². The van der Waals surface area contributed by atoms with Gasteiger partial charge in [0.25, 0.3) is 0 Å².